The number of nitrogens with one attached hydrogen (secondary N) is 1. The molecule has 0 saturated heterocycles. The van der Waals surface area contributed by atoms with Gasteiger partial charge in [0.25, 0.3) is 0 Å². The minimum Gasteiger partial charge on any atom is -0.352 e. The van der Waals surface area contributed by atoms with Crippen molar-refractivity contribution in [3.8, 4) is 0 Å². The number of benzene rings is 2. The van der Waals surface area contributed by atoms with Gasteiger partial charge in [-0.15, -0.1) is 0 Å². The van der Waals surface area contributed by atoms with Crippen LogP contribution in [0.3, 0.4) is 0 Å². The number of hydrogen-bond acceptors (Lipinski definition) is 4. The molecule has 1 aliphatic rings. The van der Waals surface area contributed by atoms with Crippen LogP contribution in [0, 0.1) is 6.92 Å². The van der Waals surface area contributed by atoms with Crippen molar-refractivity contribution in [3.63, 3.8) is 0 Å². The summed E-state index contributed by atoms with van der Waals surface area (Å²) >= 11 is 12.4. The first-order chi connectivity index (χ1) is 17.0. The van der Waals surface area contributed by atoms with E-state index in [0.717, 1.165) is 48.2 Å². The van der Waals surface area contributed by atoms with Crippen molar-refractivity contribution in [3.05, 3.63) is 63.6 Å². The Labute approximate surface area is 223 Å². The van der Waals surface area contributed by atoms with Crippen LogP contribution in [0.5, 0.6) is 0 Å². The average molecular weight is 555 g/mol. The second-order valence-corrected chi connectivity index (χ2v) is 12.1. The van der Waals surface area contributed by atoms with Crippen LogP contribution in [0.15, 0.2) is 42.5 Å². The zero-order chi connectivity index (χ0) is 26.5. The summed E-state index contributed by atoms with van der Waals surface area (Å²) in [6.07, 6.45) is 6.15. The third-order valence-corrected chi connectivity index (χ3v) is 8.32. The van der Waals surface area contributed by atoms with Crippen molar-refractivity contribution in [2.75, 3.05) is 17.1 Å². The van der Waals surface area contributed by atoms with Crippen molar-refractivity contribution >= 4 is 50.7 Å². The van der Waals surface area contributed by atoms with E-state index in [9.17, 15) is 18.0 Å². The number of anilines is 1. The Morgan fingerprint density at radius 3 is 2.39 bits per heavy atom. The molecule has 1 aliphatic carbocycles. The fourth-order valence-electron chi connectivity index (χ4n) is 4.44. The summed E-state index contributed by atoms with van der Waals surface area (Å²) < 4.78 is 26.5. The van der Waals surface area contributed by atoms with Gasteiger partial charge in [-0.2, -0.15) is 0 Å². The summed E-state index contributed by atoms with van der Waals surface area (Å²) in [6, 6.07) is 11.2. The molecule has 2 aromatic rings. The number of nitrogens with zero attached hydrogens (tertiary/aromatic N) is 2. The van der Waals surface area contributed by atoms with Gasteiger partial charge >= 0.3 is 0 Å². The number of sulfonamides is 1. The van der Waals surface area contributed by atoms with Gasteiger partial charge in [-0.3, -0.25) is 13.9 Å². The van der Waals surface area contributed by atoms with E-state index in [2.05, 4.69) is 5.32 Å². The molecule has 2 aromatic carbocycles. The van der Waals surface area contributed by atoms with Gasteiger partial charge in [0, 0.05) is 22.6 Å². The zero-order valence-electron chi connectivity index (χ0n) is 20.8. The first kappa shape index (κ1) is 28.3. The number of rotatable bonds is 9. The lowest BCUT2D eigenvalue weighted by Gasteiger charge is -2.33. The van der Waals surface area contributed by atoms with Crippen LogP contribution in [0.25, 0.3) is 0 Å². The molecular formula is C26H33Cl2N3O4S. The van der Waals surface area contributed by atoms with Gasteiger partial charge in [-0.1, -0.05) is 60.7 Å². The normalized spacial score (nSPS) is 15.2. The molecule has 0 aromatic heterocycles. The van der Waals surface area contributed by atoms with Crippen LogP contribution in [-0.2, 0) is 26.2 Å². The third-order valence-electron chi connectivity index (χ3n) is 6.55. The summed E-state index contributed by atoms with van der Waals surface area (Å²) in [5.74, 6) is -0.770. The van der Waals surface area contributed by atoms with Crippen LogP contribution in [0.4, 0.5) is 5.69 Å². The van der Waals surface area contributed by atoms with Crippen LogP contribution in [0.2, 0.25) is 10.0 Å². The van der Waals surface area contributed by atoms with E-state index < -0.39 is 28.5 Å². The largest absolute Gasteiger partial charge is 0.352 e. The second kappa shape index (κ2) is 12.3. The van der Waals surface area contributed by atoms with Gasteiger partial charge in [-0.05, 0) is 62.1 Å². The van der Waals surface area contributed by atoms with Crippen molar-refractivity contribution in [2.24, 2.45) is 0 Å². The van der Waals surface area contributed by atoms with E-state index in [4.69, 9.17) is 23.2 Å². The summed E-state index contributed by atoms with van der Waals surface area (Å²) in [5.41, 5.74) is 1.60. The van der Waals surface area contributed by atoms with Crippen molar-refractivity contribution in [1.29, 1.82) is 0 Å². The Hall–Kier alpha value is -2.29. The molecule has 2 amide bonds. The van der Waals surface area contributed by atoms with Gasteiger partial charge < -0.3 is 10.2 Å². The molecule has 0 bridgehead atoms. The van der Waals surface area contributed by atoms with Gasteiger partial charge in [0.2, 0.25) is 21.8 Å². The van der Waals surface area contributed by atoms with E-state index in [1.54, 1.807) is 50.2 Å². The lowest BCUT2D eigenvalue weighted by atomic mass is 9.95. The highest BCUT2D eigenvalue weighted by Gasteiger charge is 2.31. The molecule has 0 heterocycles. The molecule has 3 rings (SSSR count). The molecule has 1 atom stereocenters. The molecule has 0 radical (unpaired) electrons. The summed E-state index contributed by atoms with van der Waals surface area (Å²) in [5, 5.41) is 3.97. The molecule has 196 valence electrons. The Morgan fingerprint density at radius 1 is 1.08 bits per heavy atom. The predicted octanol–water partition coefficient (Wildman–Crippen LogP) is 4.93. The average Bonchev–Trinajstić information content (AvgIpc) is 2.82. The molecule has 36 heavy (non-hydrogen) atoms. The number of carbonyl (C=O) groups is 2. The SMILES string of the molecule is Cc1c(Cl)cccc1N(CC(=O)N(Cc1cccc(Cl)c1)[C@@H](C)C(=O)NC1CCCCC1)S(C)(=O)=O. The quantitative estimate of drug-likeness (QED) is 0.476. The Bertz CT molecular complexity index is 1200. The van der Waals surface area contributed by atoms with E-state index >= 15 is 0 Å². The molecule has 1 saturated carbocycles. The van der Waals surface area contributed by atoms with Crippen molar-refractivity contribution < 1.29 is 18.0 Å². The summed E-state index contributed by atoms with van der Waals surface area (Å²) in [6.45, 7) is 2.99. The van der Waals surface area contributed by atoms with Gasteiger partial charge in [0.1, 0.15) is 12.6 Å². The van der Waals surface area contributed by atoms with Gasteiger partial charge in [-0.25, -0.2) is 8.42 Å². The maximum atomic E-state index is 13.7. The first-order valence-electron chi connectivity index (χ1n) is 12.0. The van der Waals surface area contributed by atoms with Crippen molar-refractivity contribution in [2.45, 2.75) is 64.6 Å². The van der Waals surface area contributed by atoms with E-state index in [0.29, 0.717) is 21.3 Å². The fraction of sp³-hybridized carbons (Fsp3) is 0.462. The smallest absolute Gasteiger partial charge is 0.244 e. The topological polar surface area (TPSA) is 86.8 Å². The number of amides is 2. The highest BCUT2D eigenvalue weighted by Crippen LogP contribution is 2.28. The predicted molar refractivity (Wildman–Crippen MR) is 145 cm³/mol. The van der Waals surface area contributed by atoms with Crippen LogP contribution in [0.1, 0.15) is 50.2 Å². The molecule has 0 unspecified atom stereocenters. The number of carbonyl (C=O) groups excluding carboxylic acids is 2. The highest BCUT2D eigenvalue weighted by atomic mass is 35.5. The van der Waals surface area contributed by atoms with Crippen LogP contribution >= 0.6 is 23.2 Å². The number of halogens is 2. The minimum atomic E-state index is -3.83. The second-order valence-electron chi connectivity index (χ2n) is 9.32. The standard InChI is InChI=1S/C26H33Cl2N3O4S/c1-18-23(28)13-8-14-24(18)31(36(3,34)35)17-25(32)30(16-20-9-7-10-21(27)15-20)19(2)26(33)29-22-11-5-4-6-12-22/h7-10,13-15,19,22H,4-6,11-12,16-17H2,1-3H3,(H,29,33)/t19-/m0/s1. The van der Waals surface area contributed by atoms with Gasteiger partial charge in [0.15, 0.2) is 0 Å². The van der Waals surface area contributed by atoms with E-state index in [-0.39, 0.29) is 18.5 Å². The summed E-state index contributed by atoms with van der Waals surface area (Å²) in [4.78, 5) is 28.3. The molecule has 0 aliphatic heterocycles. The molecule has 1 fully saturated rings. The monoisotopic (exact) mass is 553 g/mol. The van der Waals surface area contributed by atoms with Crippen LogP contribution in [-0.4, -0.2) is 50.0 Å². The van der Waals surface area contributed by atoms with Crippen molar-refractivity contribution in [1.82, 2.24) is 10.2 Å². The van der Waals surface area contributed by atoms with Crippen LogP contribution < -0.4 is 9.62 Å². The Kier molecular flexibility index (Phi) is 9.66. The lowest BCUT2D eigenvalue weighted by molar-refractivity contribution is -0.139. The third kappa shape index (κ3) is 7.37. The number of hydrogen-bond donors (Lipinski definition) is 1. The molecule has 7 nitrogen and oxygen atoms in total. The van der Waals surface area contributed by atoms with E-state index in [1.165, 1.54) is 4.90 Å². The zero-order valence-corrected chi connectivity index (χ0v) is 23.2. The molecule has 1 N–H and O–H groups in total. The first-order valence-corrected chi connectivity index (χ1v) is 14.6. The molecule has 10 heteroatoms. The highest BCUT2D eigenvalue weighted by molar-refractivity contribution is 7.92. The Balaban J connectivity index is 1.90. The minimum absolute atomic E-state index is 0.0819. The maximum Gasteiger partial charge on any atom is 0.244 e. The fourth-order valence-corrected chi connectivity index (χ4v) is 5.73. The summed E-state index contributed by atoms with van der Waals surface area (Å²) in [7, 11) is -3.83. The Morgan fingerprint density at radius 2 is 1.75 bits per heavy atom. The lowest BCUT2D eigenvalue weighted by Crippen LogP contribution is -2.53. The van der Waals surface area contributed by atoms with Gasteiger partial charge in [0.05, 0.1) is 11.9 Å². The molecular weight excluding hydrogens is 521 g/mol. The maximum absolute atomic E-state index is 13.7. The molecule has 0 spiro atoms. The van der Waals surface area contributed by atoms with E-state index in [1.807, 2.05) is 6.07 Å².